The molecular formula is C11H19NO3S2. The van der Waals surface area contributed by atoms with Crippen LogP contribution in [0.4, 0.5) is 0 Å². The van der Waals surface area contributed by atoms with E-state index in [0.29, 0.717) is 16.8 Å². The molecule has 4 nitrogen and oxygen atoms in total. The first-order valence-electron chi connectivity index (χ1n) is 5.74. The highest BCUT2D eigenvalue weighted by atomic mass is 32.2. The number of carbonyl (C=O) groups is 2. The molecule has 0 saturated carbocycles. The van der Waals surface area contributed by atoms with E-state index in [1.54, 1.807) is 28.4 Å². The van der Waals surface area contributed by atoms with Crippen LogP contribution >= 0.6 is 23.5 Å². The highest BCUT2D eigenvalue weighted by Crippen LogP contribution is 2.32. The van der Waals surface area contributed by atoms with Crippen LogP contribution < -0.4 is 0 Å². The average molecular weight is 277 g/mol. The number of carbonyl (C=O) groups excluding carboxylic acids is 1. The zero-order valence-corrected chi connectivity index (χ0v) is 12.0. The van der Waals surface area contributed by atoms with Gasteiger partial charge in [-0.2, -0.15) is 0 Å². The smallest absolute Gasteiger partial charge is 0.327 e. The average Bonchev–Trinajstić information content (AvgIpc) is 2.69. The van der Waals surface area contributed by atoms with Crippen molar-refractivity contribution < 1.29 is 14.7 Å². The summed E-state index contributed by atoms with van der Waals surface area (Å²) in [6.07, 6.45) is 0.798. The van der Waals surface area contributed by atoms with Crippen molar-refractivity contribution in [2.75, 3.05) is 11.5 Å². The number of thioether (sulfide) groups is 2. The summed E-state index contributed by atoms with van der Waals surface area (Å²) in [7, 11) is 0. The molecule has 2 atom stereocenters. The van der Waals surface area contributed by atoms with Gasteiger partial charge in [-0.15, -0.1) is 23.5 Å². The molecule has 1 aliphatic rings. The summed E-state index contributed by atoms with van der Waals surface area (Å²) in [6, 6.07) is -0.648. The molecule has 0 aromatic carbocycles. The van der Waals surface area contributed by atoms with Gasteiger partial charge in [-0.1, -0.05) is 20.8 Å². The quantitative estimate of drug-likeness (QED) is 0.831. The van der Waals surface area contributed by atoms with E-state index < -0.39 is 12.0 Å². The van der Waals surface area contributed by atoms with Crippen LogP contribution in [-0.4, -0.2) is 50.1 Å². The third-order valence-corrected chi connectivity index (χ3v) is 5.09. The molecule has 1 N–H and O–H groups in total. The van der Waals surface area contributed by atoms with Gasteiger partial charge in [0.1, 0.15) is 6.04 Å². The second-order valence-electron chi connectivity index (χ2n) is 4.21. The number of amides is 1. The van der Waals surface area contributed by atoms with Gasteiger partial charge in [0.15, 0.2) is 0 Å². The Morgan fingerprint density at radius 3 is 2.65 bits per heavy atom. The first-order chi connectivity index (χ1) is 7.97. The molecule has 17 heavy (non-hydrogen) atoms. The topological polar surface area (TPSA) is 57.6 Å². The van der Waals surface area contributed by atoms with Crippen molar-refractivity contribution in [1.29, 1.82) is 0 Å². The maximum Gasteiger partial charge on any atom is 0.327 e. The van der Waals surface area contributed by atoms with Gasteiger partial charge in [0.25, 0.3) is 0 Å². The molecule has 1 heterocycles. The minimum absolute atomic E-state index is 0.0244. The van der Waals surface area contributed by atoms with E-state index in [4.69, 9.17) is 5.11 Å². The zero-order chi connectivity index (χ0) is 13.0. The van der Waals surface area contributed by atoms with Crippen molar-refractivity contribution in [3.8, 4) is 0 Å². The van der Waals surface area contributed by atoms with Crippen molar-refractivity contribution in [3.05, 3.63) is 0 Å². The molecule has 0 bridgehead atoms. The summed E-state index contributed by atoms with van der Waals surface area (Å²) in [4.78, 5) is 24.7. The molecule has 0 radical (unpaired) electrons. The molecule has 1 saturated heterocycles. The normalized spacial score (nSPS) is 24.4. The molecule has 98 valence electrons. The molecule has 0 aliphatic carbocycles. The number of hydrogen-bond donors (Lipinski definition) is 1. The Morgan fingerprint density at radius 1 is 1.53 bits per heavy atom. The summed E-state index contributed by atoms with van der Waals surface area (Å²) in [5, 5.41) is 9.52. The van der Waals surface area contributed by atoms with Crippen molar-refractivity contribution in [1.82, 2.24) is 4.90 Å². The number of carboxylic acid groups (broad SMARTS) is 1. The van der Waals surface area contributed by atoms with Crippen LogP contribution in [0, 0.1) is 0 Å². The maximum absolute atomic E-state index is 12.1. The lowest BCUT2D eigenvalue weighted by Gasteiger charge is -2.26. The fraction of sp³-hybridized carbons (Fsp3) is 0.818. The Balaban J connectivity index is 2.67. The number of carboxylic acids is 1. The van der Waals surface area contributed by atoms with Gasteiger partial charge in [0.2, 0.25) is 5.91 Å². The lowest BCUT2D eigenvalue weighted by molar-refractivity contribution is -0.148. The molecule has 6 heteroatoms. The van der Waals surface area contributed by atoms with Crippen LogP contribution in [0.15, 0.2) is 0 Å². The Kier molecular flexibility index (Phi) is 5.66. The second kappa shape index (κ2) is 6.54. The van der Waals surface area contributed by atoms with Crippen molar-refractivity contribution in [2.24, 2.45) is 0 Å². The maximum atomic E-state index is 12.1. The van der Waals surface area contributed by atoms with Crippen LogP contribution in [0.25, 0.3) is 0 Å². The van der Waals surface area contributed by atoms with Crippen LogP contribution in [0.1, 0.15) is 27.2 Å². The first-order valence-corrected chi connectivity index (χ1v) is 7.84. The standard InChI is InChI=1S/C11H19NO3S2/c1-4-10-12(8(5-17-10)11(14)15)9(13)6-16-7(2)3/h7-8,10H,4-6H2,1-3H3,(H,14,15). The van der Waals surface area contributed by atoms with Crippen LogP contribution in [0.3, 0.4) is 0 Å². The molecule has 0 aromatic heterocycles. The van der Waals surface area contributed by atoms with E-state index in [2.05, 4.69) is 0 Å². The molecule has 1 amide bonds. The lowest BCUT2D eigenvalue weighted by atomic mass is 10.2. The van der Waals surface area contributed by atoms with Gasteiger partial charge in [-0.05, 0) is 11.7 Å². The van der Waals surface area contributed by atoms with Gasteiger partial charge in [0.05, 0.1) is 11.1 Å². The molecule has 0 aromatic rings. The van der Waals surface area contributed by atoms with Gasteiger partial charge in [-0.3, -0.25) is 4.79 Å². The van der Waals surface area contributed by atoms with Crippen LogP contribution in [0.2, 0.25) is 0 Å². The first kappa shape index (κ1) is 14.7. The fourth-order valence-corrected chi connectivity index (χ4v) is 3.71. The summed E-state index contributed by atoms with van der Waals surface area (Å²) in [5.74, 6) is -0.0611. The van der Waals surface area contributed by atoms with Gasteiger partial charge in [-0.25, -0.2) is 4.79 Å². The largest absolute Gasteiger partial charge is 0.480 e. The van der Waals surface area contributed by atoms with Crippen LogP contribution in [-0.2, 0) is 9.59 Å². The van der Waals surface area contributed by atoms with Gasteiger partial charge >= 0.3 is 5.97 Å². The molecule has 0 spiro atoms. The van der Waals surface area contributed by atoms with E-state index in [0.717, 1.165) is 6.42 Å². The monoisotopic (exact) mass is 277 g/mol. The highest BCUT2D eigenvalue weighted by Gasteiger charge is 2.40. The lowest BCUT2D eigenvalue weighted by Crippen LogP contribution is -2.46. The zero-order valence-electron chi connectivity index (χ0n) is 10.4. The minimum atomic E-state index is -0.892. The molecule has 1 fully saturated rings. The van der Waals surface area contributed by atoms with E-state index in [1.807, 2.05) is 20.8 Å². The van der Waals surface area contributed by atoms with Crippen molar-refractivity contribution in [2.45, 2.75) is 43.9 Å². The van der Waals surface area contributed by atoms with E-state index in [9.17, 15) is 9.59 Å². The predicted molar refractivity (Wildman–Crippen MR) is 72.4 cm³/mol. The van der Waals surface area contributed by atoms with E-state index in [1.165, 1.54) is 0 Å². The summed E-state index contributed by atoms with van der Waals surface area (Å²) in [5.41, 5.74) is 0. The molecular weight excluding hydrogens is 258 g/mol. The fourth-order valence-electron chi connectivity index (χ4n) is 1.72. The van der Waals surface area contributed by atoms with E-state index >= 15 is 0 Å². The van der Waals surface area contributed by atoms with Gasteiger partial charge < -0.3 is 10.0 Å². The number of hydrogen-bond acceptors (Lipinski definition) is 4. The van der Waals surface area contributed by atoms with Gasteiger partial charge in [0, 0.05) is 5.75 Å². The molecule has 1 aliphatic heterocycles. The Labute approximate surface area is 111 Å². The van der Waals surface area contributed by atoms with Crippen LogP contribution in [0.5, 0.6) is 0 Å². The minimum Gasteiger partial charge on any atom is -0.480 e. The Morgan fingerprint density at radius 2 is 2.18 bits per heavy atom. The SMILES string of the molecule is CCC1SCC(C(=O)O)N1C(=O)CSC(C)C. The molecule has 2 unspecified atom stereocenters. The number of nitrogens with zero attached hydrogens (tertiary/aromatic N) is 1. The molecule has 1 rings (SSSR count). The third-order valence-electron chi connectivity index (χ3n) is 2.55. The van der Waals surface area contributed by atoms with Crippen molar-refractivity contribution >= 4 is 35.4 Å². The summed E-state index contributed by atoms with van der Waals surface area (Å²) in [6.45, 7) is 6.04. The third kappa shape index (κ3) is 3.81. The number of rotatable bonds is 5. The van der Waals surface area contributed by atoms with E-state index in [-0.39, 0.29) is 11.3 Å². The summed E-state index contributed by atoms with van der Waals surface area (Å²) < 4.78 is 0. The predicted octanol–water partition coefficient (Wildman–Crippen LogP) is 1.89. The highest BCUT2D eigenvalue weighted by molar-refractivity contribution is 8.00. The Bertz CT molecular complexity index is 296. The second-order valence-corrected chi connectivity index (χ2v) is 6.99. The number of aliphatic carboxylic acids is 1. The van der Waals surface area contributed by atoms with Crippen molar-refractivity contribution in [3.63, 3.8) is 0 Å². The summed E-state index contributed by atoms with van der Waals surface area (Å²) >= 11 is 3.12. The Hall–Kier alpha value is -0.360.